The minimum absolute atomic E-state index is 0.0183. The van der Waals surface area contributed by atoms with Crippen LogP contribution < -0.4 is 9.47 Å². The summed E-state index contributed by atoms with van der Waals surface area (Å²) in [6.45, 7) is -0.0183. The summed E-state index contributed by atoms with van der Waals surface area (Å²) in [6.07, 6.45) is -3.54. The van der Waals surface area contributed by atoms with E-state index in [-0.39, 0.29) is 11.4 Å². The molecule has 2 aromatic carbocycles. The van der Waals surface area contributed by atoms with Crippen LogP contribution in [0.1, 0.15) is 17.0 Å². The Balaban J connectivity index is 1.81. The summed E-state index contributed by atoms with van der Waals surface area (Å²) in [6, 6.07) is 10.8. The van der Waals surface area contributed by atoms with Crippen LogP contribution in [0, 0.1) is 10.6 Å². The molecule has 3 aromatic rings. The van der Waals surface area contributed by atoms with E-state index < -0.39 is 17.8 Å². The maximum absolute atomic E-state index is 13.7. The Labute approximate surface area is 167 Å². The second-order valence-electron chi connectivity index (χ2n) is 5.70. The summed E-state index contributed by atoms with van der Waals surface area (Å²) in [5.74, 6) is -1.02. The minimum atomic E-state index is -4.72. The fourth-order valence-corrected chi connectivity index (χ4v) is 2.54. The normalized spacial score (nSPS) is 11.8. The van der Waals surface area contributed by atoms with Gasteiger partial charge in [0.15, 0.2) is 11.5 Å². The van der Waals surface area contributed by atoms with Crippen LogP contribution >= 0.6 is 12.2 Å². The molecule has 0 fully saturated rings. The van der Waals surface area contributed by atoms with E-state index in [2.05, 4.69) is 15.3 Å². The lowest BCUT2D eigenvalue weighted by Gasteiger charge is -2.11. The summed E-state index contributed by atoms with van der Waals surface area (Å²) >= 11 is 4.77. The predicted molar refractivity (Wildman–Crippen MR) is 99.1 cm³/mol. The topological polar surface area (TPSA) is 64.4 Å². The highest BCUT2D eigenvalue weighted by Gasteiger charge is 2.37. The van der Waals surface area contributed by atoms with E-state index in [9.17, 15) is 17.6 Å². The number of nitrogens with zero attached hydrogens (tertiary/aromatic N) is 3. The van der Waals surface area contributed by atoms with E-state index >= 15 is 0 Å². The van der Waals surface area contributed by atoms with Crippen LogP contribution in [0.2, 0.25) is 0 Å². The second kappa shape index (κ2) is 8.43. The predicted octanol–water partition coefficient (Wildman–Crippen LogP) is 4.57. The van der Waals surface area contributed by atoms with Crippen LogP contribution in [-0.2, 0) is 12.8 Å². The van der Waals surface area contributed by atoms with Crippen molar-refractivity contribution in [2.75, 3.05) is 7.11 Å². The number of hydrogen-bond donors (Lipinski definition) is 1. The molecule has 0 aliphatic carbocycles. The molecule has 3 rings (SSSR count). The highest BCUT2D eigenvalue weighted by molar-refractivity contribution is 7.71. The van der Waals surface area contributed by atoms with E-state index in [4.69, 9.17) is 21.7 Å². The number of alkyl halides is 3. The van der Waals surface area contributed by atoms with Crippen molar-refractivity contribution in [3.63, 3.8) is 0 Å². The lowest BCUT2D eigenvalue weighted by atomic mass is 10.2. The average molecular weight is 426 g/mol. The van der Waals surface area contributed by atoms with Crippen molar-refractivity contribution in [3.8, 4) is 11.5 Å². The first-order valence-corrected chi connectivity index (χ1v) is 8.53. The van der Waals surface area contributed by atoms with Crippen LogP contribution in [0.4, 0.5) is 17.6 Å². The van der Waals surface area contributed by atoms with Gasteiger partial charge in [-0.3, -0.25) is 0 Å². The molecule has 152 valence electrons. The van der Waals surface area contributed by atoms with Gasteiger partial charge in [0.1, 0.15) is 12.4 Å². The van der Waals surface area contributed by atoms with Gasteiger partial charge in [0.2, 0.25) is 4.77 Å². The van der Waals surface area contributed by atoms with Gasteiger partial charge in [-0.25, -0.2) is 9.49 Å². The zero-order valence-electron chi connectivity index (χ0n) is 14.9. The number of rotatable bonds is 6. The highest BCUT2D eigenvalue weighted by Crippen LogP contribution is 2.29. The van der Waals surface area contributed by atoms with Crippen LogP contribution in [0.25, 0.3) is 0 Å². The average Bonchev–Trinajstić information content (AvgIpc) is 3.07. The zero-order chi connectivity index (χ0) is 21.0. The summed E-state index contributed by atoms with van der Waals surface area (Å²) in [7, 11) is 1.40. The number of aromatic amines is 1. The SMILES string of the molecule is COc1cc(C=Nn2c(C(F)(F)F)n[nH]c2=S)ccc1OCc1ccccc1F. The largest absolute Gasteiger partial charge is 0.493 e. The van der Waals surface area contributed by atoms with E-state index in [0.717, 1.165) is 0 Å². The molecule has 0 amide bonds. The molecule has 0 aliphatic heterocycles. The molecule has 1 aromatic heterocycles. The van der Waals surface area contributed by atoms with Crippen LogP contribution in [-0.4, -0.2) is 28.2 Å². The first-order chi connectivity index (χ1) is 13.8. The fraction of sp³-hybridized carbons (Fsp3) is 0.167. The highest BCUT2D eigenvalue weighted by atomic mass is 32.1. The summed E-state index contributed by atoms with van der Waals surface area (Å²) < 4.78 is 63.5. The molecule has 0 saturated heterocycles. The van der Waals surface area contributed by atoms with Crippen LogP contribution in [0.3, 0.4) is 0 Å². The van der Waals surface area contributed by atoms with Gasteiger partial charge in [0.05, 0.1) is 13.3 Å². The van der Waals surface area contributed by atoms with Crippen molar-refractivity contribution in [2.45, 2.75) is 12.8 Å². The molecular weight excluding hydrogens is 412 g/mol. The number of H-pyrrole nitrogens is 1. The van der Waals surface area contributed by atoms with Gasteiger partial charge in [0.25, 0.3) is 5.82 Å². The number of nitrogens with one attached hydrogen (secondary N) is 1. The van der Waals surface area contributed by atoms with Crippen molar-refractivity contribution in [2.24, 2.45) is 5.10 Å². The maximum Gasteiger partial charge on any atom is 0.453 e. The van der Waals surface area contributed by atoms with Crippen molar-refractivity contribution in [1.29, 1.82) is 0 Å². The van der Waals surface area contributed by atoms with Gasteiger partial charge in [-0.15, -0.1) is 5.10 Å². The van der Waals surface area contributed by atoms with Crippen molar-refractivity contribution in [3.05, 3.63) is 70.0 Å². The third-order valence-corrected chi connectivity index (χ3v) is 4.02. The third-order valence-electron chi connectivity index (χ3n) is 3.75. The molecule has 0 atom stereocenters. The van der Waals surface area contributed by atoms with Crippen molar-refractivity contribution in [1.82, 2.24) is 14.9 Å². The van der Waals surface area contributed by atoms with E-state index in [1.54, 1.807) is 30.3 Å². The Hall–Kier alpha value is -3.21. The van der Waals surface area contributed by atoms with E-state index in [1.165, 1.54) is 25.5 Å². The molecule has 0 aliphatic rings. The second-order valence-corrected chi connectivity index (χ2v) is 6.08. The third kappa shape index (κ3) is 4.80. The molecule has 1 heterocycles. The number of methoxy groups -OCH3 is 1. The quantitative estimate of drug-likeness (QED) is 0.356. The van der Waals surface area contributed by atoms with Gasteiger partial charge >= 0.3 is 6.18 Å². The number of halogens is 4. The zero-order valence-corrected chi connectivity index (χ0v) is 15.7. The Morgan fingerprint density at radius 3 is 2.66 bits per heavy atom. The molecule has 0 spiro atoms. The molecule has 6 nitrogen and oxygen atoms in total. The summed E-state index contributed by atoms with van der Waals surface area (Å²) in [5.41, 5.74) is 0.797. The number of ether oxygens (including phenoxy) is 2. The van der Waals surface area contributed by atoms with Gasteiger partial charge in [-0.05, 0) is 42.0 Å². The minimum Gasteiger partial charge on any atom is -0.493 e. The van der Waals surface area contributed by atoms with Gasteiger partial charge < -0.3 is 9.47 Å². The van der Waals surface area contributed by atoms with Crippen molar-refractivity contribution < 1.29 is 27.0 Å². The molecule has 11 heteroatoms. The fourth-order valence-electron chi connectivity index (χ4n) is 2.36. The lowest BCUT2D eigenvalue weighted by Crippen LogP contribution is -2.12. The number of hydrogen-bond acceptors (Lipinski definition) is 5. The molecular formula is C18H14F4N4O2S. The smallest absolute Gasteiger partial charge is 0.453 e. The summed E-state index contributed by atoms with van der Waals surface area (Å²) in [4.78, 5) is 0. The Morgan fingerprint density at radius 1 is 1.21 bits per heavy atom. The first-order valence-electron chi connectivity index (χ1n) is 8.13. The van der Waals surface area contributed by atoms with Gasteiger partial charge in [-0.2, -0.15) is 22.9 Å². The lowest BCUT2D eigenvalue weighted by molar-refractivity contribution is -0.147. The molecule has 0 bridgehead atoms. The molecule has 29 heavy (non-hydrogen) atoms. The standard InChI is InChI=1S/C18H14F4N4O2S/c1-27-15-8-11(9-23-26-16(18(20,21)22)24-25-17(26)29)6-7-14(15)28-10-12-4-2-3-5-13(12)19/h2-9H,10H2,1H3,(H,25,29). The first kappa shape index (κ1) is 20.5. The monoisotopic (exact) mass is 426 g/mol. The Bertz CT molecular complexity index is 1090. The molecule has 1 N–H and O–H groups in total. The number of benzene rings is 2. The van der Waals surface area contributed by atoms with Crippen molar-refractivity contribution >= 4 is 18.4 Å². The van der Waals surface area contributed by atoms with E-state index in [1.807, 2.05) is 0 Å². The Morgan fingerprint density at radius 2 is 1.97 bits per heavy atom. The Kier molecular flexibility index (Phi) is 5.97. The number of aromatic nitrogens is 3. The van der Waals surface area contributed by atoms with E-state index in [0.29, 0.717) is 27.3 Å². The van der Waals surface area contributed by atoms with Crippen LogP contribution in [0.15, 0.2) is 47.6 Å². The van der Waals surface area contributed by atoms with Gasteiger partial charge in [0, 0.05) is 5.56 Å². The summed E-state index contributed by atoms with van der Waals surface area (Å²) in [5, 5.41) is 8.93. The molecule has 0 saturated carbocycles. The maximum atomic E-state index is 13.7. The van der Waals surface area contributed by atoms with Gasteiger partial charge in [-0.1, -0.05) is 18.2 Å². The molecule has 0 unspecified atom stereocenters. The van der Waals surface area contributed by atoms with Crippen LogP contribution in [0.5, 0.6) is 11.5 Å². The molecule has 0 radical (unpaired) electrons.